The van der Waals surface area contributed by atoms with Crippen molar-refractivity contribution in [1.29, 1.82) is 0 Å². The molecule has 0 saturated heterocycles. The number of benzene rings is 1. The number of hydrogen-bond acceptors (Lipinski definition) is 4. The predicted molar refractivity (Wildman–Crippen MR) is 56.2 cm³/mol. The Hall–Kier alpha value is -1.51. The lowest BCUT2D eigenvalue weighted by atomic mass is 10.2. The van der Waals surface area contributed by atoms with Gasteiger partial charge >= 0.3 is 0 Å². The summed E-state index contributed by atoms with van der Waals surface area (Å²) in [6.07, 6.45) is 1.54. The van der Waals surface area contributed by atoms with Crippen molar-refractivity contribution < 1.29 is 4.79 Å². The molecule has 1 heterocycles. The molecule has 0 saturated carbocycles. The van der Waals surface area contributed by atoms with Gasteiger partial charge in [0.2, 0.25) is 6.08 Å². The fraction of sp³-hybridized carbons (Fsp3) is 0.200. The number of aryl methyl sites for hydroxylation is 1. The van der Waals surface area contributed by atoms with E-state index in [-0.39, 0.29) is 0 Å². The fourth-order valence-electron chi connectivity index (χ4n) is 1.36. The van der Waals surface area contributed by atoms with Gasteiger partial charge in [0, 0.05) is 5.56 Å². The lowest BCUT2D eigenvalue weighted by Gasteiger charge is -1.95. The first-order valence-electron chi connectivity index (χ1n) is 4.20. The van der Waals surface area contributed by atoms with Crippen molar-refractivity contribution in [2.24, 2.45) is 4.99 Å². The summed E-state index contributed by atoms with van der Waals surface area (Å²) in [5.74, 6) is 0. The van der Waals surface area contributed by atoms with E-state index >= 15 is 0 Å². The molecule has 4 heteroatoms. The summed E-state index contributed by atoms with van der Waals surface area (Å²) in [7, 11) is 0. The van der Waals surface area contributed by atoms with E-state index in [0.717, 1.165) is 20.8 Å². The minimum Gasteiger partial charge on any atom is -0.241 e. The number of nitrogens with zero attached hydrogens (tertiary/aromatic N) is 2. The summed E-state index contributed by atoms with van der Waals surface area (Å²) in [6, 6.07) is 5.91. The number of rotatable bonds is 2. The van der Waals surface area contributed by atoms with Crippen LogP contribution in [0.1, 0.15) is 10.6 Å². The summed E-state index contributed by atoms with van der Waals surface area (Å²) < 4.78 is 1.14. The average Bonchev–Trinajstić information content (AvgIpc) is 2.55. The van der Waals surface area contributed by atoms with Gasteiger partial charge in [-0.3, -0.25) is 0 Å². The van der Waals surface area contributed by atoms with Gasteiger partial charge in [0.1, 0.15) is 0 Å². The molecule has 0 amide bonds. The molecule has 2 aromatic rings. The number of hydrogen-bond donors (Lipinski definition) is 0. The molecule has 2 rings (SSSR count). The number of carbonyl (C=O) groups excluding carboxylic acids is 1. The molecule has 0 radical (unpaired) electrons. The van der Waals surface area contributed by atoms with Crippen molar-refractivity contribution in [3.05, 3.63) is 28.8 Å². The van der Waals surface area contributed by atoms with Crippen molar-refractivity contribution in [2.75, 3.05) is 0 Å². The third kappa shape index (κ3) is 1.58. The molecule has 0 aliphatic heterocycles. The monoisotopic (exact) mass is 204 g/mol. The van der Waals surface area contributed by atoms with Crippen LogP contribution in [-0.4, -0.2) is 11.1 Å². The average molecular weight is 204 g/mol. The Morgan fingerprint density at radius 2 is 2.43 bits per heavy atom. The Morgan fingerprint density at radius 1 is 1.57 bits per heavy atom. The first-order valence-corrected chi connectivity index (χ1v) is 5.01. The third-order valence-corrected chi connectivity index (χ3v) is 2.86. The van der Waals surface area contributed by atoms with Crippen LogP contribution in [0.15, 0.2) is 23.2 Å². The Bertz CT molecular complexity index is 512. The minimum atomic E-state index is 0.365. The van der Waals surface area contributed by atoms with E-state index in [4.69, 9.17) is 0 Å². The quantitative estimate of drug-likeness (QED) is 0.557. The second-order valence-electron chi connectivity index (χ2n) is 2.90. The number of thiazole rings is 1. The van der Waals surface area contributed by atoms with Crippen LogP contribution in [0.2, 0.25) is 0 Å². The highest BCUT2D eigenvalue weighted by molar-refractivity contribution is 7.18. The molecule has 0 atom stereocenters. The van der Waals surface area contributed by atoms with E-state index in [0.29, 0.717) is 6.54 Å². The fourth-order valence-corrected chi connectivity index (χ4v) is 2.24. The predicted octanol–water partition coefficient (Wildman–Crippen LogP) is 2.44. The van der Waals surface area contributed by atoms with Gasteiger partial charge in [0.15, 0.2) is 0 Å². The van der Waals surface area contributed by atoms with Gasteiger partial charge in [-0.05, 0) is 13.0 Å². The highest BCUT2D eigenvalue weighted by Crippen LogP contribution is 2.24. The van der Waals surface area contributed by atoms with E-state index in [9.17, 15) is 4.79 Å². The maximum absolute atomic E-state index is 10.0. The van der Waals surface area contributed by atoms with Crippen LogP contribution in [0.4, 0.5) is 0 Å². The summed E-state index contributed by atoms with van der Waals surface area (Å²) in [6.45, 7) is 2.33. The van der Waals surface area contributed by atoms with Gasteiger partial charge in [-0.2, -0.15) is 0 Å². The minimum absolute atomic E-state index is 0.365. The van der Waals surface area contributed by atoms with E-state index in [1.807, 2.05) is 25.1 Å². The maximum Gasteiger partial charge on any atom is 0.235 e. The van der Waals surface area contributed by atoms with Crippen LogP contribution in [0.3, 0.4) is 0 Å². The molecule has 0 bridgehead atoms. The SMILES string of the molecule is Cc1nc2c(CN=C=O)cccc2s1. The van der Waals surface area contributed by atoms with Crippen LogP contribution < -0.4 is 0 Å². The highest BCUT2D eigenvalue weighted by Gasteiger charge is 2.04. The molecule has 0 unspecified atom stereocenters. The van der Waals surface area contributed by atoms with Gasteiger partial charge in [0.25, 0.3) is 0 Å². The van der Waals surface area contributed by atoms with E-state index in [1.165, 1.54) is 6.08 Å². The Kier molecular flexibility index (Phi) is 2.39. The van der Waals surface area contributed by atoms with Crippen molar-refractivity contribution >= 4 is 27.6 Å². The molecule has 0 fully saturated rings. The lowest BCUT2D eigenvalue weighted by Crippen LogP contribution is -1.83. The smallest absolute Gasteiger partial charge is 0.235 e. The first kappa shape index (κ1) is 9.06. The summed E-state index contributed by atoms with van der Waals surface area (Å²) in [4.78, 5) is 18.0. The molecule has 1 aromatic heterocycles. The van der Waals surface area contributed by atoms with Crippen LogP contribution >= 0.6 is 11.3 Å². The van der Waals surface area contributed by atoms with E-state index in [2.05, 4.69) is 9.98 Å². The van der Waals surface area contributed by atoms with Gasteiger partial charge in [-0.25, -0.2) is 14.8 Å². The second-order valence-corrected chi connectivity index (χ2v) is 4.14. The maximum atomic E-state index is 10.0. The van der Waals surface area contributed by atoms with Crippen LogP contribution in [0.5, 0.6) is 0 Å². The molecule has 0 spiro atoms. The topological polar surface area (TPSA) is 42.3 Å². The molecule has 0 N–H and O–H groups in total. The van der Waals surface area contributed by atoms with Crippen molar-refractivity contribution in [1.82, 2.24) is 4.98 Å². The highest BCUT2D eigenvalue weighted by atomic mass is 32.1. The number of para-hydroxylation sites is 1. The molecule has 3 nitrogen and oxygen atoms in total. The van der Waals surface area contributed by atoms with Crippen LogP contribution in [0, 0.1) is 6.92 Å². The van der Waals surface area contributed by atoms with Crippen molar-refractivity contribution in [3.63, 3.8) is 0 Å². The molecule has 1 aromatic carbocycles. The van der Waals surface area contributed by atoms with E-state index < -0.39 is 0 Å². The molecular formula is C10H8N2OS. The standard InChI is InChI=1S/C10H8N2OS/c1-7-12-10-8(5-11-6-13)3-2-4-9(10)14-7/h2-4H,5H2,1H3. The summed E-state index contributed by atoms with van der Waals surface area (Å²) in [5.41, 5.74) is 1.93. The number of aromatic nitrogens is 1. The Labute approximate surface area is 85.1 Å². The lowest BCUT2D eigenvalue weighted by molar-refractivity contribution is 0.563. The number of isocyanates is 1. The van der Waals surface area contributed by atoms with Gasteiger partial charge in [-0.15, -0.1) is 11.3 Å². The molecule has 14 heavy (non-hydrogen) atoms. The number of aliphatic imine (C=N–C) groups is 1. The zero-order valence-electron chi connectivity index (χ0n) is 7.65. The van der Waals surface area contributed by atoms with Crippen LogP contribution in [0.25, 0.3) is 10.2 Å². The third-order valence-electron chi connectivity index (χ3n) is 1.92. The summed E-state index contributed by atoms with van der Waals surface area (Å²) >= 11 is 1.65. The largest absolute Gasteiger partial charge is 0.241 e. The van der Waals surface area contributed by atoms with Crippen LogP contribution in [-0.2, 0) is 11.3 Å². The molecule has 0 aliphatic rings. The number of fused-ring (bicyclic) bond motifs is 1. The van der Waals surface area contributed by atoms with Gasteiger partial charge in [-0.1, -0.05) is 12.1 Å². The van der Waals surface area contributed by atoms with Crippen molar-refractivity contribution in [3.8, 4) is 0 Å². The molecule has 0 aliphatic carbocycles. The Balaban J connectivity index is 2.57. The van der Waals surface area contributed by atoms with Crippen molar-refractivity contribution in [2.45, 2.75) is 13.5 Å². The summed E-state index contributed by atoms with van der Waals surface area (Å²) in [5, 5.41) is 1.03. The van der Waals surface area contributed by atoms with E-state index in [1.54, 1.807) is 11.3 Å². The first-order chi connectivity index (χ1) is 6.81. The van der Waals surface area contributed by atoms with Gasteiger partial charge in [0.05, 0.1) is 21.8 Å². The normalized spacial score (nSPS) is 10.1. The Morgan fingerprint density at radius 3 is 3.21 bits per heavy atom. The second kappa shape index (κ2) is 3.70. The zero-order chi connectivity index (χ0) is 9.97. The van der Waals surface area contributed by atoms with Gasteiger partial charge < -0.3 is 0 Å². The molecule has 70 valence electrons. The zero-order valence-corrected chi connectivity index (χ0v) is 8.47. The molecular weight excluding hydrogens is 196 g/mol.